The number of unbranched alkanes of at least 4 members (excludes halogenated alkanes) is 1. The highest BCUT2D eigenvalue weighted by atomic mass is 16.5. The van der Waals surface area contributed by atoms with Crippen molar-refractivity contribution in [3.8, 4) is 5.75 Å². The van der Waals surface area contributed by atoms with Crippen LogP contribution in [0.3, 0.4) is 0 Å². The van der Waals surface area contributed by atoms with Crippen molar-refractivity contribution in [1.82, 2.24) is 5.32 Å². The number of rotatable bonds is 10. The van der Waals surface area contributed by atoms with Crippen LogP contribution in [0.4, 0.5) is 0 Å². The second kappa shape index (κ2) is 9.34. The predicted octanol–water partition coefficient (Wildman–Crippen LogP) is 0.844. The largest absolute Gasteiger partial charge is 0.491 e. The lowest BCUT2D eigenvalue weighted by Gasteiger charge is -2.13. The Morgan fingerprint density at radius 2 is 2.10 bits per heavy atom. The second-order valence-electron chi connectivity index (χ2n) is 4.81. The lowest BCUT2D eigenvalue weighted by molar-refractivity contribution is -0.117. The quantitative estimate of drug-likeness (QED) is 0.555. The Balaban J connectivity index is 2.25. The number of carbonyl (C=O) groups is 1. The van der Waals surface area contributed by atoms with Crippen molar-refractivity contribution in [2.24, 2.45) is 5.73 Å². The van der Waals surface area contributed by atoms with Gasteiger partial charge in [0.15, 0.2) is 0 Å². The monoisotopic (exact) mass is 280 g/mol. The number of benzene rings is 1. The molecule has 1 aromatic carbocycles. The number of aliphatic hydroxyl groups excluding tert-OH is 1. The van der Waals surface area contributed by atoms with Gasteiger partial charge in [-0.2, -0.15) is 0 Å². The molecule has 0 aliphatic rings. The van der Waals surface area contributed by atoms with Crippen LogP contribution in [0.1, 0.15) is 25.3 Å². The lowest BCUT2D eigenvalue weighted by Crippen LogP contribution is -2.31. The van der Waals surface area contributed by atoms with Crippen molar-refractivity contribution in [2.75, 3.05) is 19.7 Å². The smallest absolute Gasteiger partial charge is 0.221 e. The Hall–Kier alpha value is -1.59. The minimum Gasteiger partial charge on any atom is -0.491 e. The Morgan fingerprint density at radius 1 is 1.40 bits per heavy atom. The minimum absolute atomic E-state index is 0.226. The van der Waals surface area contributed by atoms with Gasteiger partial charge in [-0.05, 0) is 30.7 Å². The number of nitrogens with two attached hydrogens (primary N) is 1. The summed E-state index contributed by atoms with van der Waals surface area (Å²) < 4.78 is 5.48. The molecule has 1 unspecified atom stereocenters. The molecule has 0 fully saturated rings. The van der Waals surface area contributed by atoms with Crippen LogP contribution in [0.25, 0.3) is 0 Å². The summed E-state index contributed by atoms with van der Waals surface area (Å²) >= 11 is 0. The van der Waals surface area contributed by atoms with Gasteiger partial charge in [-0.25, -0.2) is 0 Å². The molecule has 0 aromatic heterocycles. The van der Waals surface area contributed by atoms with E-state index < -0.39 is 6.10 Å². The van der Waals surface area contributed by atoms with Gasteiger partial charge >= 0.3 is 0 Å². The normalized spacial score (nSPS) is 12.1. The van der Waals surface area contributed by atoms with E-state index in [9.17, 15) is 9.90 Å². The van der Waals surface area contributed by atoms with E-state index in [1.165, 1.54) is 0 Å². The average molecular weight is 280 g/mol. The molecule has 1 rings (SSSR count). The first kappa shape index (κ1) is 16.5. The highest BCUT2D eigenvalue weighted by Gasteiger charge is 2.05. The molecule has 1 amide bonds. The van der Waals surface area contributed by atoms with Crippen LogP contribution in [0.5, 0.6) is 5.75 Å². The molecule has 0 saturated heterocycles. The van der Waals surface area contributed by atoms with Crippen molar-refractivity contribution < 1.29 is 14.6 Å². The molecule has 4 N–H and O–H groups in total. The fourth-order valence-corrected chi connectivity index (χ4v) is 1.73. The van der Waals surface area contributed by atoms with E-state index in [1.54, 1.807) is 24.3 Å². The summed E-state index contributed by atoms with van der Waals surface area (Å²) in [7, 11) is 0. The van der Waals surface area contributed by atoms with E-state index in [2.05, 4.69) is 12.2 Å². The highest BCUT2D eigenvalue weighted by Crippen LogP contribution is 2.12. The van der Waals surface area contributed by atoms with Crippen molar-refractivity contribution in [3.05, 3.63) is 29.8 Å². The molecule has 0 bridgehead atoms. The standard InChI is InChI=1S/C15H24N2O3/c1-2-3-8-17-10-13(18)11-20-14-6-4-12(5-7-14)9-15(16)19/h4-7,13,17-18H,2-3,8-11H2,1H3,(H2,16,19). The summed E-state index contributed by atoms with van der Waals surface area (Å²) in [4.78, 5) is 10.8. The first-order chi connectivity index (χ1) is 9.61. The molecular formula is C15H24N2O3. The van der Waals surface area contributed by atoms with E-state index in [1.807, 2.05) is 0 Å². The molecule has 1 atom stereocenters. The maximum Gasteiger partial charge on any atom is 0.221 e. The number of hydrogen-bond acceptors (Lipinski definition) is 4. The number of aliphatic hydroxyl groups is 1. The van der Waals surface area contributed by atoms with Gasteiger partial charge in [0.05, 0.1) is 6.42 Å². The molecule has 0 aliphatic carbocycles. The number of primary amides is 1. The first-order valence-corrected chi connectivity index (χ1v) is 7.00. The van der Waals surface area contributed by atoms with Crippen molar-refractivity contribution in [3.63, 3.8) is 0 Å². The molecule has 0 radical (unpaired) electrons. The topological polar surface area (TPSA) is 84.6 Å². The Labute approximate surface area is 120 Å². The second-order valence-corrected chi connectivity index (χ2v) is 4.81. The summed E-state index contributed by atoms with van der Waals surface area (Å²) in [6.07, 6.45) is 1.94. The van der Waals surface area contributed by atoms with Gasteiger partial charge in [-0.3, -0.25) is 4.79 Å². The maximum atomic E-state index is 10.8. The van der Waals surface area contributed by atoms with Gasteiger partial charge in [0.2, 0.25) is 5.91 Å². The summed E-state index contributed by atoms with van der Waals surface area (Å²) in [5.41, 5.74) is 5.97. The summed E-state index contributed by atoms with van der Waals surface area (Å²) in [5.74, 6) is 0.318. The van der Waals surface area contributed by atoms with E-state index in [0.717, 1.165) is 24.9 Å². The van der Waals surface area contributed by atoms with Gasteiger partial charge in [-0.15, -0.1) is 0 Å². The van der Waals surface area contributed by atoms with Crippen LogP contribution in [0, 0.1) is 0 Å². The van der Waals surface area contributed by atoms with Crippen LogP contribution in [-0.2, 0) is 11.2 Å². The van der Waals surface area contributed by atoms with E-state index in [4.69, 9.17) is 10.5 Å². The van der Waals surface area contributed by atoms with Gasteiger partial charge < -0.3 is 20.9 Å². The Kier molecular flexibility index (Phi) is 7.69. The van der Waals surface area contributed by atoms with Crippen LogP contribution in [-0.4, -0.2) is 36.8 Å². The number of amides is 1. The molecule has 0 spiro atoms. The van der Waals surface area contributed by atoms with Crippen molar-refractivity contribution in [2.45, 2.75) is 32.3 Å². The number of ether oxygens (including phenoxy) is 1. The van der Waals surface area contributed by atoms with Gasteiger partial charge in [-0.1, -0.05) is 25.5 Å². The van der Waals surface area contributed by atoms with Crippen molar-refractivity contribution in [1.29, 1.82) is 0 Å². The van der Waals surface area contributed by atoms with E-state index in [-0.39, 0.29) is 18.9 Å². The summed E-state index contributed by atoms with van der Waals surface area (Å²) in [5, 5.41) is 12.9. The zero-order valence-electron chi connectivity index (χ0n) is 12.0. The predicted molar refractivity (Wildman–Crippen MR) is 78.6 cm³/mol. The van der Waals surface area contributed by atoms with Crippen molar-refractivity contribution >= 4 is 5.91 Å². The third-order valence-electron chi connectivity index (χ3n) is 2.83. The van der Waals surface area contributed by atoms with Gasteiger partial charge in [0.1, 0.15) is 18.5 Å². The number of hydrogen-bond donors (Lipinski definition) is 3. The van der Waals surface area contributed by atoms with E-state index in [0.29, 0.717) is 12.3 Å². The highest BCUT2D eigenvalue weighted by molar-refractivity contribution is 5.76. The van der Waals surface area contributed by atoms with Crippen LogP contribution in [0.2, 0.25) is 0 Å². The minimum atomic E-state index is -0.530. The van der Waals surface area contributed by atoms with Gasteiger partial charge in [0.25, 0.3) is 0 Å². The number of nitrogens with one attached hydrogen (secondary N) is 1. The maximum absolute atomic E-state index is 10.8. The van der Waals surface area contributed by atoms with Crippen LogP contribution < -0.4 is 15.8 Å². The first-order valence-electron chi connectivity index (χ1n) is 7.00. The van der Waals surface area contributed by atoms with Gasteiger partial charge in [0, 0.05) is 6.54 Å². The Morgan fingerprint density at radius 3 is 2.70 bits per heavy atom. The molecule has 5 heteroatoms. The SMILES string of the molecule is CCCCNCC(O)COc1ccc(CC(N)=O)cc1. The Bertz CT molecular complexity index is 393. The average Bonchev–Trinajstić information content (AvgIpc) is 2.42. The number of carbonyl (C=O) groups excluding carboxylic acids is 1. The summed E-state index contributed by atoms with van der Waals surface area (Å²) in [6.45, 7) is 3.81. The van der Waals surface area contributed by atoms with Crippen LogP contribution in [0.15, 0.2) is 24.3 Å². The zero-order valence-corrected chi connectivity index (χ0v) is 12.0. The zero-order chi connectivity index (χ0) is 14.8. The lowest BCUT2D eigenvalue weighted by atomic mass is 10.1. The molecule has 0 saturated carbocycles. The molecule has 1 aromatic rings. The summed E-state index contributed by atoms with van der Waals surface area (Å²) in [6, 6.07) is 7.14. The molecular weight excluding hydrogens is 256 g/mol. The fourth-order valence-electron chi connectivity index (χ4n) is 1.73. The third-order valence-corrected chi connectivity index (χ3v) is 2.83. The third kappa shape index (κ3) is 7.11. The molecule has 0 aliphatic heterocycles. The van der Waals surface area contributed by atoms with E-state index >= 15 is 0 Å². The molecule has 112 valence electrons. The fraction of sp³-hybridized carbons (Fsp3) is 0.533. The molecule has 0 heterocycles. The molecule has 5 nitrogen and oxygen atoms in total. The van der Waals surface area contributed by atoms with Crippen LogP contribution >= 0.6 is 0 Å². The molecule has 20 heavy (non-hydrogen) atoms.